The van der Waals surface area contributed by atoms with Crippen LogP contribution in [0, 0.1) is 11.8 Å². The van der Waals surface area contributed by atoms with Crippen molar-refractivity contribution in [3.8, 4) is 0 Å². The molecule has 0 aromatic heterocycles. The van der Waals surface area contributed by atoms with Gasteiger partial charge in [0.15, 0.2) is 0 Å². The second kappa shape index (κ2) is 13.4. The highest BCUT2D eigenvalue weighted by molar-refractivity contribution is 6.20. The molecule has 0 spiro atoms. The van der Waals surface area contributed by atoms with Gasteiger partial charge >= 0.3 is 0 Å². The van der Waals surface area contributed by atoms with Gasteiger partial charge in [0.25, 0.3) is 5.91 Å². The minimum atomic E-state index is -1.12. The van der Waals surface area contributed by atoms with Gasteiger partial charge in [0.2, 0.25) is 18.0 Å². The molecule has 7 heteroatoms. The molecule has 2 atom stereocenters. The maximum absolute atomic E-state index is 13.6. The molecule has 2 unspecified atom stereocenters. The fourth-order valence-corrected chi connectivity index (χ4v) is 4.19. The molecular formula is C29H38N4O3. The Labute approximate surface area is 214 Å². The van der Waals surface area contributed by atoms with E-state index < -0.39 is 23.9 Å². The number of allylic oxidation sites excluding steroid dienone is 1. The van der Waals surface area contributed by atoms with E-state index in [0.717, 1.165) is 16.8 Å². The Kier molecular flexibility index (Phi) is 10.6. The number of rotatable bonds is 8. The first-order chi connectivity index (χ1) is 17.1. The molecule has 0 saturated carbocycles. The number of carbonyl (C=O) groups excluding carboxylic acids is 3. The number of nitrogens with zero attached hydrogens (tertiary/aromatic N) is 2. The van der Waals surface area contributed by atoms with Crippen molar-refractivity contribution in [3.63, 3.8) is 0 Å². The van der Waals surface area contributed by atoms with Gasteiger partial charge in [-0.15, -0.1) is 6.58 Å². The van der Waals surface area contributed by atoms with Crippen molar-refractivity contribution in [1.29, 1.82) is 0 Å². The molecule has 7 nitrogen and oxygen atoms in total. The summed E-state index contributed by atoms with van der Waals surface area (Å²) in [6.45, 7) is 13.0. The van der Waals surface area contributed by atoms with Crippen molar-refractivity contribution in [2.75, 3.05) is 4.90 Å². The number of nitrogens with two attached hydrogens (primary N) is 1. The van der Waals surface area contributed by atoms with Gasteiger partial charge < -0.3 is 16.0 Å². The van der Waals surface area contributed by atoms with Crippen LogP contribution in [-0.2, 0) is 14.4 Å². The number of hydrogen-bond acceptors (Lipinski definition) is 4. The number of hydrogen-bond donors (Lipinski definition) is 2. The van der Waals surface area contributed by atoms with Crippen LogP contribution in [0.5, 0.6) is 0 Å². The molecule has 0 aliphatic carbocycles. The Morgan fingerprint density at radius 3 is 2.22 bits per heavy atom. The number of anilines is 1. The fraction of sp³-hybridized carbons (Fsp3) is 0.379. The number of fused-ring (bicyclic) bond motifs is 1. The molecule has 2 aromatic rings. The van der Waals surface area contributed by atoms with E-state index in [1.807, 2.05) is 89.2 Å². The van der Waals surface area contributed by atoms with Gasteiger partial charge in [0.05, 0.1) is 11.4 Å². The van der Waals surface area contributed by atoms with Crippen molar-refractivity contribution in [2.24, 2.45) is 22.6 Å². The molecule has 2 aromatic carbocycles. The van der Waals surface area contributed by atoms with E-state index in [1.165, 1.54) is 0 Å². The van der Waals surface area contributed by atoms with Gasteiger partial charge in [-0.25, -0.2) is 4.99 Å². The summed E-state index contributed by atoms with van der Waals surface area (Å²) in [5.74, 6) is -1.70. The van der Waals surface area contributed by atoms with Gasteiger partial charge in [-0.3, -0.25) is 14.4 Å². The number of primary amides is 1. The van der Waals surface area contributed by atoms with Gasteiger partial charge in [0.1, 0.15) is 0 Å². The second-order valence-electron chi connectivity index (χ2n) is 9.48. The zero-order valence-electron chi connectivity index (χ0n) is 21.9. The Hall–Kier alpha value is -3.74. The lowest BCUT2D eigenvalue weighted by Gasteiger charge is -2.29. The molecule has 1 heterocycles. The largest absolute Gasteiger partial charge is 0.370 e. The summed E-state index contributed by atoms with van der Waals surface area (Å²) in [6.07, 6.45) is 1.04. The van der Waals surface area contributed by atoms with Crippen LogP contribution in [0.3, 0.4) is 0 Å². The molecule has 192 valence electrons. The molecule has 3 rings (SSSR count). The molecule has 1 aliphatic rings. The van der Waals surface area contributed by atoms with Crippen LogP contribution in [0.25, 0.3) is 0 Å². The van der Waals surface area contributed by atoms with Crippen molar-refractivity contribution in [2.45, 2.75) is 59.7 Å². The molecule has 36 heavy (non-hydrogen) atoms. The van der Waals surface area contributed by atoms with Gasteiger partial charge in [-0.05, 0) is 39.2 Å². The molecular weight excluding hydrogens is 452 g/mol. The summed E-state index contributed by atoms with van der Waals surface area (Å²) in [7, 11) is 0. The van der Waals surface area contributed by atoms with E-state index in [-0.39, 0.29) is 24.3 Å². The highest BCUT2D eigenvalue weighted by Gasteiger charge is 2.35. The van der Waals surface area contributed by atoms with E-state index in [4.69, 9.17) is 10.7 Å². The van der Waals surface area contributed by atoms with Crippen molar-refractivity contribution in [3.05, 3.63) is 78.4 Å². The average Bonchev–Trinajstić information content (AvgIpc) is 2.93. The Balaban J connectivity index is 0.00000145. The van der Waals surface area contributed by atoms with E-state index in [2.05, 4.69) is 11.9 Å². The SMILES string of the molecule is C=CC.CC(C)CC(CC(N)=O)C(=O)NC1N=C(c2ccccc2)c2ccccc2N(C(C)C)C1=O. The lowest BCUT2D eigenvalue weighted by atomic mass is 9.93. The first kappa shape index (κ1) is 28.5. The standard InChI is InChI=1S/C26H32N4O3.C3H6/c1-16(2)14-19(15-22(27)31)25(32)29-24-26(33)30(17(3)4)21-13-9-8-12-20(21)23(28-24)18-10-6-5-7-11-18;1-3-2/h5-13,16-17,19,24H,14-15H2,1-4H3,(H2,27,31)(H,29,32);3H,1H2,2H3. The van der Waals surface area contributed by atoms with Crippen LogP contribution < -0.4 is 16.0 Å². The van der Waals surface area contributed by atoms with E-state index >= 15 is 0 Å². The normalized spacial score (nSPS) is 15.8. The smallest absolute Gasteiger partial charge is 0.272 e. The lowest BCUT2D eigenvalue weighted by molar-refractivity contribution is -0.132. The van der Waals surface area contributed by atoms with Gasteiger partial charge in [0, 0.05) is 29.5 Å². The molecule has 0 fully saturated rings. The Bertz CT molecular complexity index is 1090. The highest BCUT2D eigenvalue weighted by Crippen LogP contribution is 2.30. The summed E-state index contributed by atoms with van der Waals surface area (Å²) >= 11 is 0. The molecule has 1 aliphatic heterocycles. The van der Waals surface area contributed by atoms with Crippen molar-refractivity contribution < 1.29 is 14.4 Å². The average molecular weight is 491 g/mol. The third-order valence-electron chi connectivity index (χ3n) is 5.57. The zero-order chi connectivity index (χ0) is 26.8. The first-order valence-electron chi connectivity index (χ1n) is 12.3. The number of benzene rings is 2. The summed E-state index contributed by atoms with van der Waals surface area (Å²) in [5.41, 5.74) is 8.42. The van der Waals surface area contributed by atoms with Crippen LogP contribution in [0.2, 0.25) is 0 Å². The Morgan fingerprint density at radius 2 is 1.67 bits per heavy atom. The summed E-state index contributed by atoms with van der Waals surface area (Å²) in [6, 6.07) is 17.1. The van der Waals surface area contributed by atoms with E-state index in [0.29, 0.717) is 12.1 Å². The monoisotopic (exact) mass is 490 g/mol. The number of benzodiazepines with no additional fused rings is 1. The quantitative estimate of drug-likeness (QED) is 0.534. The molecule has 0 bridgehead atoms. The number of aliphatic imine (C=N–C) groups is 1. The minimum absolute atomic E-state index is 0.0751. The maximum atomic E-state index is 13.6. The number of amides is 3. The molecule has 3 N–H and O–H groups in total. The van der Waals surface area contributed by atoms with Gasteiger partial charge in [-0.1, -0.05) is 68.5 Å². The van der Waals surface area contributed by atoms with E-state index in [1.54, 1.807) is 11.0 Å². The maximum Gasteiger partial charge on any atom is 0.272 e. The third-order valence-corrected chi connectivity index (χ3v) is 5.57. The van der Waals surface area contributed by atoms with Crippen LogP contribution >= 0.6 is 0 Å². The summed E-state index contributed by atoms with van der Waals surface area (Å²) in [5, 5.41) is 2.81. The lowest BCUT2D eigenvalue weighted by Crippen LogP contribution is -2.51. The summed E-state index contributed by atoms with van der Waals surface area (Å²) in [4.78, 5) is 44.8. The van der Waals surface area contributed by atoms with Crippen LogP contribution in [0.4, 0.5) is 5.69 Å². The molecule has 0 radical (unpaired) electrons. The molecule has 0 saturated heterocycles. The summed E-state index contributed by atoms with van der Waals surface area (Å²) < 4.78 is 0. The molecule has 3 amide bonds. The van der Waals surface area contributed by atoms with Crippen LogP contribution in [-0.4, -0.2) is 35.6 Å². The predicted octanol–water partition coefficient (Wildman–Crippen LogP) is 4.45. The first-order valence-corrected chi connectivity index (χ1v) is 12.3. The van der Waals surface area contributed by atoms with Crippen LogP contribution in [0.1, 0.15) is 58.6 Å². The van der Waals surface area contributed by atoms with Gasteiger partial charge in [-0.2, -0.15) is 0 Å². The number of carbonyl (C=O) groups is 3. The minimum Gasteiger partial charge on any atom is -0.370 e. The topological polar surface area (TPSA) is 105 Å². The zero-order valence-corrected chi connectivity index (χ0v) is 21.9. The third kappa shape index (κ3) is 7.38. The number of para-hydroxylation sites is 1. The van der Waals surface area contributed by atoms with Crippen molar-refractivity contribution in [1.82, 2.24) is 5.32 Å². The predicted molar refractivity (Wildman–Crippen MR) is 146 cm³/mol. The highest BCUT2D eigenvalue weighted by atomic mass is 16.2. The van der Waals surface area contributed by atoms with Crippen molar-refractivity contribution >= 4 is 29.1 Å². The second-order valence-corrected chi connectivity index (χ2v) is 9.48. The van der Waals surface area contributed by atoms with Crippen LogP contribution in [0.15, 0.2) is 72.2 Å². The number of nitrogens with one attached hydrogen (secondary N) is 1. The Morgan fingerprint density at radius 1 is 1.08 bits per heavy atom. The fourth-order valence-electron chi connectivity index (χ4n) is 4.19. The van der Waals surface area contributed by atoms with E-state index in [9.17, 15) is 14.4 Å².